The van der Waals surface area contributed by atoms with Crippen molar-refractivity contribution in [1.29, 1.82) is 5.26 Å². The molecule has 0 N–H and O–H groups in total. The summed E-state index contributed by atoms with van der Waals surface area (Å²) in [5.41, 5.74) is -1.50. The number of nitrogens with zero attached hydrogens (tertiary/aromatic N) is 2. The quantitative estimate of drug-likeness (QED) is 0.759. The van der Waals surface area contributed by atoms with Crippen LogP contribution in [0.5, 0.6) is 0 Å². The molecule has 1 aromatic heterocycles. The van der Waals surface area contributed by atoms with Gasteiger partial charge < -0.3 is 0 Å². The smallest absolute Gasteiger partial charge is 0.272 e. The van der Waals surface area contributed by atoms with Gasteiger partial charge in [-0.1, -0.05) is 11.6 Å². The summed E-state index contributed by atoms with van der Waals surface area (Å²) in [5.74, 6) is 0. The Balaban J connectivity index is 3.49. The normalized spacial score (nSPS) is 10.1. The zero-order valence-electron chi connectivity index (χ0n) is 6.97. The van der Waals surface area contributed by atoms with Crippen molar-refractivity contribution in [3.05, 3.63) is 28.0 Å². The van der Waals surface area contributed by atoms with Crippen LogP contribution in [0.4, 0.5) is 8.78 Å². The molecule has 0 saturated carbocycles. The molecule has 1 heterocycles. The molecule has 0 amide bonds. The number of hydrogen-bond donors (Lipinski definition) is 0. The zero-order valence-corrected chi connectivity index (χ0v) is 8.48. The van der Waals surface area contributed by atoms with Crippen LogP contribution < -0.4 is 0 Å². The highest BCUT2D eigenvalue weighted by atomic mass is 35.5. The highest BCUT2D eigenvalue weighted by Crippen LogP contribution is 2.30. The summed E-state index contributed by atoms with van der Waals surface area (Å²) in [4.78, 5) is 14.2. The Morgan fingerprint density at radius 1 is 1.60 bits per heavy atom. The van der Waals surface area contributed by atoms with E-state index in [2.05, 4.69) is 4.98 Å². The molecule has 0 aromatic carbocycles. The van der Waals surface area contributed by atoms with Crippen molar-refractivity contribution < 1.29 is 13.6 Å². The molecule has 0 bridgehead atoms. The summed E-state index contributed by atoms with van der Waals surface area (Å²) in [7, 11) is 0. The molecule has 1 rings (SSSR count). The molecule has 78 valence electrons. The number of nitriles is 1. The number of alkyl halides is 2. The molecular formula is C8H2Cl2F2N2O. The minimum Gasteiger partial charge on any atom is -0.274 e. The Labute approximate surface area is 93.2 Å². The third kappa shape index (κ3) is 2.41. The van der Waals surface area contributed by atoms with E-state index in [0.717, 1.165) is 6.07 Å². The molecule has 0 atom stereocenters. The van der Waals surface area contributed by atoms with Gasteiger partial charge in [0, 0.05) is 5.56 Å². The molecule has 0 unspecified atom stereocenters. The summed E-state index contributed by atoms with van der Waals surface area (Å²) in [5, 5.41) is 6.88. The Morgan fingerprint density at radius 2 is 2.20 bits per heavy atom. The van der Waals surface area contributed by atoms with Crippen LogP contribution in [0.15, 0.2) is 6.07 Å². The Hall–Kier alpha value is -1.25. The zero-order chi connectivity index (χ0) is 11.6. The summed E-state index contributed by atoms with van der Waals surface area (Å²) in [6.45, 7) is 0. The molecule has 0 radical (unpaired) electrons. The third-order valence-corrected chi connectivity index (χ3v) is 2.10. The van der Waals surface area contributed by atoms with Crippen LogP contribution in [0.3, 0.4) is 0 Å². The second-order valence-electron chi connectivity index (χ2n) is 2.45. The molecule has 15 heavy (non-hydrogen) atoms. The van der Waals surface area contributed by atoms with Gasteiger partial charge in [-0.3, -0.25) is 4.79 Å². The first-order valence-electron chi connectivity index (χ1n) is 3.56. The molecule has 3 nitrogen and oxygen atoms in total. The lowest BCUT2D eigenvalue weighted by atomic mass is 10.2. The molecule has 0 aliphatic rings. The topological polar surface area (TPSA) is 53.8 Å². The highest BCUT2D eigenvalue weighted by molar-refractivity contribution is 6.68. The van der Waals surface area contributed by atoms with E-state index in [1.165, 1.54) is 6.07 Å². The molecular weight excluding hydrogens is 249 g/mol. The van der Waals surface area contributed by atoms with Gasteiger partial charge in [-0.15, -0.1) is 0 Å². The third-order valence-electron chi connectivity index (χ3n) is 1.52. The Morgan fingerprint density at radius 3 is 2.60 bits per heavy atom. The van der Waals surface area contributed by atoms with E-state index in [1.807, 2.05) is 0 Å². The van der Waals surface area contributed by atoms with E-state index in [0.29, 0.717) is 0 Å². The number of aromatic nitrogens is 1. The van der Waals surface area contributed by atoms with Crippen molar-refractivity contribution in [3.8, 4) is 6.07 Å². The minimum atomic E-state index is -2.90. The van der Waals surface area contributed by atoms with Crippen molar-refractivity contribution >= 4 is 28.4 Å². The minimum absolute atomic E-state index is 0.335. The van der Waals surface area contributed by atoms with Crippen molar-refractivity contribution in [2.75, 3.05) is 0 Å². The number of halogens is 4. The monoisotopic (exact) mass is 250 g/mol. The van der Waals surface area contributed by atoms with Crippen molar-refractivity contribution in [1.82, 2.24) is 4.98 Å². The van der Waals surface area contributed by atoms with E-state index in [-0.39, 0.29) is 5.69 Å². The standard InChI is InChI=1S/C8H2Cl2F2N2O/c9-5-4(8(11)12)1-3(2-13)14-6(5)7(10)15/h1,8H. The molecule has 0 aliphatic carbocycles. The Kier molecular flexibility index (Phi) is 3.56. The van der Waals surface area contributed by atoms with Gasteiger partial charge in [0.2, 0.25) is 0 Å². The van der Waals surface area contributed by atoms with Gasteiger partial charge >= 0.3 is 0 Å². The first-order chi connectivity index (χ1) is 6.97. The van der Waals surface area contributed by atoms with E-state index < -0.39 is 27.9 Å². The molecule has 1 aromatic rings. The van der Waals surface area contributed by atoms with Gasteiger partial charge in [0.15, 0.2) is 0 Å². The SMILES string of the molecule is N#Cc1cc(C(F)F)c(Cl)c(C(=O)Cl)n1. The van der Waals surface area contributed by atoms with Crippen LogP contribution in [0.2, 0.25) is 5.02 Å². The van der Waals surface area contributed by atoms with Crippen molar-refractivity contribution in [2.24, 2.45) is 0 Å². The van der Waals surface area contributed by atoms with Gasteiger partial charge in [0.1, 0.15) is 17.5 Å². The Bertz CT molecular complexity index is 457. The number of hydrogen-bond acceptors (Lipinski definition) is 3. The second-order valence-corrected chi connectivity index (χ2v) is 3.17. The number of carbonyl (C=O) groups is 1. The fourth-order valence-corrected chi connectivity index (χ4v) is 1.35. The summed E-state index contributed by atoms with van der Waals surface area (Å²) < 4.78 is 24.8. The van der Waals surface area contributed by atoms with E-state index in [1.54, 1.807) is 0 Å². The molecule has 0 fully saturated rings. The van der Waals surface area contributed by atoms with Crippen LogP contribution in [-0.4, -0.2) is 10.2 Å². The van der Waals surface area contributed by atoms with Crippen LogP contribution in [-0.2, 0) is 0 Å². The van der Waals surface area contributed by atoms with Gasteiger partial charge in [0.25, 0.3) is 11.7 Å². The molecule has 0 aliphatic heterocycles. The van der Waals surface area contributed by atoms with Crippen LogP contribution in [0, 0.1) is 11.3 Å². The van der Waals surface area contributed by atoms with Gasteiger partial charge in [-0.2, -0.15) is 5.26 Å². The fraction of sp³-hybridized carbons (Fsp3) is 0.125. The molecule has 0 spiro atoms. The maximum Gasteiger partial charge on any atom is 0.272 e. The summed E-state index contributed by atoms with van der Waals surface area (Å²) in [6, 6.07) is 2.35. The average Bonchev–Trinajstić information content (AvgIpc) is 2.17. The van der Waals surface area contributed by atoms with Gasteiger partial charge in [-0.05, 0) is 17.7 Å². The lowest BCUT2D eigenvalue weighted by molar-refractivity contribution is 0.107. The summed E-state index contributed by atoms with van der Waals surface area (Å²) in [6.07, 6.45) is -2.90. The van der Waals surface area contributed by atoms with Gasteiger partial charge in [-0.25, -0.2) is 13.8 Å². The van der Waals surface area contributed by atoms with E-state index in [9.17, 15) is 13.6 Å². The average molecular weight is 251 g/mol. The fourth-order valence-electron chi connectivity index (χ4n) is 0.895. The lowest BCUT2D eigenvalue weighted by Gasteiger charge is -2.05. The number of pyridine rings is 1. The van der Waals surface area contributed by atoms with E-state index in [4.69, 9.17) is 28.5 Å². The van der Waals surface area contributed by atoms with Crippen LogP contribution in [0.1, 0.15) is 28.2 Å². The summed E-state index contributed by atoms with van der Waals surface area (Å²) >= 11 is 10.5. The van der Waals surface area contributed by atoms with Crippen LogP contribution in [0.25, 0.3) is 0 Å². The lowest BCUT2D eigenvalue weighted by Crippen LogP contribution is -2.02. The predicted molar refractivity (Wildman–Crippen MR) is 49.1 cm³/mol. The predicted octanol–water partition coefficient (Wildman–Crippen LogP) is 2.92. The largest absolute Gasteiger partial charge is 0.274 e. The van der Waals surface area contributed by atoms with Crippen LogP contribution >= 0.6 is 23.2 Å². The first kappa shape index (κ1) is 11.8. The van der Waals surface area contributed by atoms with Gasteiger partial charge in [0.05, 0.1) is 5.02 Å². The maximum atomic E-state index is 12.4. The maximum absolute atomic E-state index is 12.4. The number of carbonyl (C=O) groups excluding carboxylic acids is 1. The second kappa shape index (κ2) is 4.51. The van der Waals surface area contributed by atoms with Crippen molar-refractivity contribution in [2.45, 2.75) is 6.43 Å². The number of rotatable bonds is 2. The molecule has 0 saturated heterocycles. The van der Waals surface area contributed by atoms with Crippen molar-refractivity contribution in [3.63, 3.8) is 0 Å². The molecule has 7 heteroatoms. The highest BCUT2D eigenvalue weighted by Gasteiger charge is 2.20. The first-order valence-corrected chi connectivity index (χ1v) is 4.31. The van der Waals surface area contributed by atoms with E-state index >= 15 is 0 Å².